The van der Waals surface area contributed by atoms with Gasteiger partial charge in [0, 0.05) is 18.2 Å². The first-order chi connectivity index (χ1) is 8.25. The Kier molecular flexibility index (Phi) is 2.73. The molecule has 2 aromatic carbocycles. The molecule has 1 atom stereocenters. The van der Waals surface area contributed by atoms with Gasteiger partial charge in [0.15, 0.2) is 0 Å². The van der Waals surface area contributed by atoms with Crippen LogP contribution in [0.2, 0.25) is 10.0 Å². The second-order valence-corrected chi connectivity index (χ2v) is 5.01. The second kappa shape index (κ2) is 4.25. The molecule has 0 fully saturated rings. The third-order valence-corrected chi connectivity index (χ3v) is 3.92. The summed E-state index contributed by atoms with van der Waals surface area (Å²) in [4.78, 5) is 0. The van der Waals surface area contributed by atoms with Crippen LogP contribution in [0.5, 0.6) is 0 Å². The Morgan fingerprint density at radius 3 is 2.65 bits per heavy atom. The van der Waals surface area contributed by atoms with Gasteiger partial charge in [0.25, 0.3) is 0 Å². The number of hydrogen-bond acceptors (Lipinski definition) is 1. The van der Waals surface area contributed by atoms with Gasteiger partial charge in [-0.05, 0) is 29.3 Å². The summed E-state index contributed by atoms with van der Waals surface area (Å²) in [6.45, 7) is 0.914. The molecule has 1 aliphatic rings. The van der Waals surface area contributed by atoms with Gasteiger partial charge in [0.1, 0.15) is 0 Å². The highest BCUT2D eigenvalue weighted by Gasteiger charge is 2.23. The molecule has 0 radical (unpaired) electrons. The number of rotatable bonds is 1. The summed E-state index contributed by atoms with van der Waals surface area (Å²) in [7, 11) is 0. The monoisotopic (exact) mass is 263 g/mol. The van der Waals surface area contributed by atoms with Gasteiger partial charge < -0.3 is 5.32 Å². The van der Waals surface area contributed by atoms with Crippen molar-refractivity contribution < 1.29 is 0 Å². The smallest absolute Gasteiger partial charge is 0.0595 e. The van der Waals surface area contributed by atoms with Gasteiger partial charge in [-0.2, -0.15) is 0 Å². The summed E-state index contributed by atoms with van der Waals surface area (Å²) in [6.07, 6.45) is 0. The fraction of sp³-hybridized carbons (Fsp3) is 0.143. The van der Waals surface area contributed by atoms with Crippen molar-refractivity contribution in [1.82, 2.24) is 0 Å². The Morgan fingerprint density at radius 2 is 1.82 bits per heavy atom. The number of fused-ring (bicyclic) bond motifs is 1. The molecule has 86 valence electrons. The normalized spacial score (nSPS) is 17.6. The first-order valence-electron chi connectivity index (χ1n) is 5.53. The Morgan fingerprint density at radius 1 is 1.00 bits per heavy atom. The zero-order valence-electron chi connectivity index (χ0n) is 9.08. The van der Waals surface area contributed by atoms with Gasteiger partial charge in [-0.15, -0.1) is 0 Å². The van der Waals surface area contributed by atoms with E-state index in [1.54, 1.807) is 0 Å². The van der Waals surface area contributed by atoms with Gasteiger partial charge in [-0.3, -0.25) is 0 Å². The maximum absolute atomic E-state index is 6.07. The Balaban J connectivity index is 2.04. The maximum Gasteiger partial charge on any atom is 0.0595 e. The van der Waals surface area contributed by atoms with Crippen molar-refractivity contribution in [2.45, 2.75) is 5.92 Å². The Hall–Kier alpha value is -1.18. The average molecular weight is 264 g/mol. The van der Waals surface area contributed by atoms with E-state index < -0.39 is 0 Å². The van der Waals surface area contributed by atoms with Crippen LogP contribution in [-0.4, -0.2) is 6.54 Å². The van der Waals surface area contributed by atoms with E-state index in [0.29, 0.717) is 16.0 Å². The molecule has 17 heavy (non-hydrogen) atoms. The largest absolute Gasteiger partial charge is 0.384 e. The zero-order valence-corrected chi connectivity index (χ0v) is 10.6. The Labute approximate surface area is 110 Å². The molecule has 0 saturated carbocycles. The number of para-hydroxylation sites is 1. The van der Waals surface area contributed by atoms with E-state index in [1.807, 2.05) is 24.3 Å². The molecule has 0 spiro atoms. The van der Waals surface area contributed by atoms with E-state index in [2.05, 4.69) is 23.5 Å². The van der Waals surface area contributed by atoms with Crippen LogP contribution in [-0.2, 0) is 0 Å². The molecule has 1 unspecified atom stereocenters. The van der Waals surface area contributed by atoms with Gasteiger partial charge in [-0.1, -0.05) is 47.5 Å². The van der Waals surface area contributed by atoms with Gasteiger partial charge >= 0.3 is 0 Å². The minimum atomic E-state index is 0.362. The lowest BCUT2D eigenvalue weighted by Gasteiger charge is -2.11. The topological polar surface area (TPSA) is 12.0 Å². The molecule has 0 aromatic heterocycles. The fourth-order valence-corrected chi connectivity index (χ4v) is 2.62. The number of anilines is 1. The molecule has 2 aromatic rings. The lowest BCUT2D eigenvalue weighted by molar-refractivity contribution is 0.907. The highest BCUT2D eigenvalue weighted by Crippen LogP contribution is 2.37. The first kappa shape index (κ1) is 10.9. The molecule has 1 nitrogen and oxygen atoms in total. The van der Waals surface area contributed by atoms with Crippen molar-refractivity contribution in [3.05, 3.63) is 63.6 Å². The third-order valence-electron chi connectivity index (χ3n) is 3.18. The van der Waals surface area contributed by atoms with Crippen LogP contribution < -0.4 is 5.32 Å². The second-order valence-electron chi connectivity index (χ2n) is 4.19. The third kappa shape index (κ3) is 1.90. The van der Waals surface area contributed by atoms with Crippen molar-refractivity contribution in [3.8, 4) is 0 Å². The van der Waals surface area contributed by atoms with E-state index in [-0.39, 0.29) is 0 Å². The van der Waals surface area contributed by atoms with Gasteiger partial charge in [0.05, 0.1) is 10.0 Å². The standard InChI is InChI=1S/C14H11Cl2N/c15-12-6-5-9(7-13(12)16)11-8-17-14-4-2-1-3-10(11)14/h1-7,11,17H,8H2. The quantitative estimate of drug-likeness (QED) is 0.796. The summed E-state index contributed by atoms with van der Waals surface area (Å²) in [6, 6.07) is 14.2. The lowest BCUT2D eigenvalue weighted by Crippen LogP contribution is -2.03. The maximum atomic E-state index is 6.07. The van der Waals surface area contributed by atoms with Crippen LogP contribution in [0.25, 0.3) is 0 Å². The van der Waals surface area contributed by atoms with Crippen molar-refractivity contribution >= 4 is 28.9 Å². The van der Waals surface area contributed by atoms with E-state index in [9.17, 15) is 0 Å². The number of hydrogen-bond donors (Lipinski definition) is 1. The molecule has 3 rings (SSSR count). The predicted octanol–water partition coefficient (Wildman–Crippen LogP) is 4.55. The highest BCUT2D eigenvalue weighted by molar-refractivity contribution is 6.42. The molecular weight excluding hydrogens is 253 g/mol. The summed E-state index contributed by atoms with van der Waals surface area (Å²) >= 11 is 12.0. The van der Waals surface area contributed by atoms with Crippen LogP contribution >= 0.6 is 23.2 Å². The van der Waals surface area contributed by atoms with Crippen LogP contribution in [0.1, 0.15) is 17.0 Å². The molecule has 1 N–H and O–H groups in total. The first-order valence-corrected chi connectivity index (χ1v) is 6.29. The van der Waals surface area contributed by atoms with Gasteiger partial charge in [0.2, 0.25) is 0 Å². The highest BCUT2D eigenvalue weighted by atomic mass is 35.5. The van der Waals surface area contributed by atoms with E-state index >= 15 is 0 Å². The van der Waals surface area contributed by atoms with Crippen molar-refractivity contribution in [2.75, 3.05) is 11.9 Å². The number of benzene rings is 2. The minimum absolute atomic E-state index is 0.362. The molecule has 0 saturated heterocycles. The molecule has 0 bridgehead atoms. The van der Waals surface area contributed by atoms with Crippen molar-refractivity contribution in [3.63, 3.8) is 0 Å². The summed E-state index contributed by atoms with van der Waals surface area (Å²) in [5.41, 5.74) is 3.74. The van der Waals surface area contributed by atoms with Gasteiger partial charge in [-0.25, -0.2) is 0 Å². The number of nitrogens with one attached hydrogen (secondary N) is 1. The average Bonchev–Trinajstić information content (AvgIpc) is 2.76. The molecule has 0 aliphatic carbocycles. The minimum Gasteiger partial charge on any atom is -0.384 e. The fourth-order valence-electron chi connectivity index (χ4n) is 2.31. The predicted molar refractivity (Wildman–Crippen MR) is 73.2 cm³/mol. The van der Waals surface area contributed by atoms with Crippen molar-refractivity contribution in [2.24, 2.45) is 0 Å². The van der Waals surface area contributed by atoms with Crippen molar-refractivity contribution in [1.29, 1.82) is 0 Å². The zero-order chi connectivity index (χ0) is 11.8. The molecular formula is C14H11Cl2N. The van der Waals surface area contributed by atoms with Crippen LogP contribution in [0.3, 0.4) is 0 Å². The molecule has 1 heterocycles. The molecule has 0 amide bonds. The van der Waals surface area contributed by atoms with E-state index in [4.69, 9.17) is 23.2 Å². The number of halogens is 2. The van der Waals surface area contributed by atoms with Crippen LogP contribution in [0, 0.1) is 0 Å². The molecule has 1 aliphatic heterocycles. The summed E-state index contributed by atoms with van der Waals surface area (Å²) < 4.78 is 0. The summed E-state index contributed by atoms with van der Waals surface area (Å²) in [5.74, 6) is 0.362. The Bertz CT molecular complexity index is 566. The molecule has 3 heteroatoms. The van der Waals surface area contributed by atoms with Crippen LogP contribution in [0.4, 0.5) is 5.69 Å². The van der Waals surface area contributed by atoms with E-state index in [1.165, 1.54) is 16.8 Å². The lowest BCUT2D eigenvalue weighted by atomic mass is 9.93. The van der Waals surface area contributed by atoms with Crippen LogP contribution in [0.15, 0.2) is 42.5 Å². The summed E-state index contributed by atoms with van der Waals surface area (Å²) in [5, 5.41) is 4.63. The SMILES string of the molecule is Clc1ccc(C2CNc3ccccc32)cc1Cl. The van der Waals surface area contributed by atoms with E-state index in [0.717, 1.165) is 6.54 Å².